The molecule has 1 aromatic heterocycles. The van der Waals surface area contributed by atoms with Gasteiger partial charge in [-0.3, -0.25) is 4.79 Å². The molecular weight excluding hydrogens is 484 g/mol. The minimum Gasteiger partial charge on any atom is -0.497 e. The largest absolute Gasteiger partial charge is 0.497 e. The van der Waals surface area contributed by atoms with Crippen molar-refractivity contribution in [2.45, 2.75) is 52.1 Å². The van der Waals surface area contributed by atoms with Crippen LogP contribution in [0.25, 0.3) is 5.69 Å². The van der Waals surface area contributed by atoms with Crippen molar-refractivity contribution >= 4 is 17.7 Å². The maximum Gasteiger partial charge on any atom is 0.410 e. The van der Waals surface area contributed by atoms with Gasteiger partial charge in [-0.15, -0.1) is 0 Å². The molecule has 9 nitrogen and oxygen atoms in total. The Bertz CT molecular complexity index is 1240. The number of anilines is 1. The molecule has 0 aliphatic carbocycles. The van der Waals surface area contributed by atoms with Gasteiger partial charge in [0.05, 0.1) is 36.9 Å². The van der Waals surface area contributed by atoms with E-state index in [4.69, 9.17) is 14.2 Å². The van der Waals surface area contributed by atoms with Crippen LogP contribution < -0.4 is 14.8 Å². The Balaban J connectivity index is 1.59. The normalized spacial score (nSPS) is 14.2. The van der Waals surface area contributed by atoms with Gasteiger partial charge in [-0.05, 0) is 89.1 Å². The van der Waals surface area contributed by atoms with Gasteiger partial charge in [-0.25, -0.2) is 9.48 Å². The first-order valence-corrected chi connectivity index (χ1v) is 12.9. The Labute approximate surface area is 223 Å². The molecule has 0 unspecified atom stereocenters. The van der Waals surface area contributed by atoms with Gasteiger partial charge in [0.2, 0.25) is 0 Å². The minimum atomic E-state index is -0.549. The highest BCUT2D eigenvalue weighted by molar-refractivity contribution is 6.05. The molecule has 3 aromatic rings. The summed E-state index contributed by atoms with van der Waals surface area (Å²) < 4.78 is 18.2. The second-order valence-corrected chi connectivity index (χ2v) is 10.2. The smallest absolute Gasteiger partial charge is 0.410 e. The molecule has 2 heterocycles. The van der Waals surface area contributed by atoms with Gasteiger partial charge in [0.1, 0.15) is 17.1 Å². The molecule has 0 radical (unpaired) electrons. The van der Waals surface area contributed by atoms with Crippen LogP contribution in [0.5, 0.6) is 11.5 Å². The number of hydrogen-bond acceptors (Lipinski definition) is 6. The zero-order valence-electron chi connectivity index (χ0n) is 22.7. The van der Waals surface area contributed by atoms with E-state index in [-0.39, 0.29) is 17.9 Å². The number of hydrogen-bond donors (Lipinski definition) is 1. The number of nitrogens with one attached hydrogen (secondary N) is 1. The van der Waals surface area contributed by atoms with Crippen LogP contribution in [0.1, 0.15) is 62.5 Å². The van der Waals surface area contributed by atoms with Gasteiger partial charge in [0.15, 0.2) is 0 Å². The molecule has 0 spiro atoms. The van der Waals surface area contributed by atoms with E-state index in [2.05, 4.69) is 10.4 Å². The van der Waals surface area contributed by atoms with E-state index in [1.165, 1.54) is 0 Å². The SMILES string of the molecule is CCOc1ccc(NC(=O)c2cnn(-c3ccc(OC)cc3)c2C2CCN(C(=O)OC(C)(C)C)CC2)cc1. The van der Waals surface area contributed by atoms with Crippen molar-refractivity contribution in [2.24, 2.45) is 0 Å². The Kier molecular flexibility index (Phi) is 8.24. The van der Waals surface area contributed by atoms with Crippen molar-refractivity contribution in [3.8, 4) is 17.2 Å². The van der Waals surface area contributed by atoms with Crippen molar-refractivity contribution in [3.63, 3.8) is 0 Å². The van der Waals surface area contributed by atoms with Crippen LogP contribution in [0.4, 0.5) is 10.5 Å². The highest BCUT2D eigenvalue weighted by Crippen LogP contribution is 2.33. The van der Waals surface area contributed by atoms with E-state index in [1.807, 2.05) is 80.9 Å². The summed E-state index contributed by atoms with van der Waals surface area (Å²) in [5.74, 6) is 1.27. The molecule has 0 saturated carbocycles. The van der Waals surface area contributed by atoms with Crippen LogP contribution in [0.15, 0.2) is 54.7 Å². The topological polar surface area (TPSA) is 94.9 Å². The van der Waals surface area contributed by atoms with Crippen LogP contribution in [-0.2, 0) is 4.74 Å². The number of likely N-dealkylation sites (tertiary alicyclic amines) is 1. The van der Waals surface area contributed by atoms with Gasteiger partial charge in [0.25, 0.3) is 5.91 Å². The Morgan fingerprint density at radius 2 is 1.63 bits per heavy atom. The predicted molar refractivity (Wildman–Crippen MR) is 145 cm³/mol. The zero-order chi connectivity index (χ0) is 27.3. The molecule has 9 heteroatoms. The predicted octanol–water partition coefficient (Wildman–Crippen LogP) is 5.65. The fourth-order valence-electron chi connectivity index (χ4n) is 4.52. The lowest BCUT2D eigenvalue weighted by molar-refractivity contribution is 0.0203. The van der Waals surface area contributed by atoms with E-state index < -0.39 is 5.60 Å². The fraction of sp³-hybridized carbons (Fsp3) is 0.414. The Morgan fingerprint density at radius 3 is 2.21 bits per heavy atom. The molecule has 2 aromatic carbocycles. The summed E-state index contributed by atoms with van der Waals surface area (Å²) in [6.07, 6.45) is 2.67. The molecule has 1 aliphatic rings. The summed E-state index contributed by atoms with van der Waals surface area (Å²) in [5.41, 5.74) is 2.28. The highest BCUT2D eigenvalue weighted by Gasteiger charge is 2.32. The van der Waals surface area contributed by atoms with Crippen molar-refractivity contribution < 1.29 is 23.8 Å². The number of amides is 2. The summed E-state index contributed by atoms with van der Waals surface area (Å²) >= 11 is 0. The fourth-order valence-corrected chi connectivity index (χ4v) is 4.52. The highest BCUT2D eigenvalue weighted by atomic mass is 16.6. The number of aromatic nitrogens is 2. The number of piperidine rings is 1. The summed E-state index contributed by atoms with van der Waals surface area (Å²) in [6.45, 7) is 9.16. The molecule has 1 aliphatic heterocycles. The molecule has 1 fully saturated rings. The van der Waals surface area contributed by atoms with E-state index >= 15 is 0 Å². The summed E-state index contributed by atoms with van der Waals surface area (Å²) in [4.78, 5) is 27.8. The standard InChI is InChI=1S/C29H36N4O5/c1-6-37-24-11-7-21(8-12-24)31-27(34)25-19-30-33(22-9-13-23(36-5)14-10-22)26(25)20-15-17-32(18-16-20)28(35)38-29(2,3)4/h7-14,19-20H,6,15-18H2,1-5H3,(H,31,34). The first-order chi connectivity index (χ1) is 18.2. The summed E-state index contributed by atoms with van der Waals surface area (Å²) in [7, 11) is 1.62. The van der Waals surface area contributed by atoms with Gasteiger partial charge >= 0.3 is 6.09 Å². The second kappa shape index (κ2) is 11.6. The number of rotatable bonds is 7. The number of methoxy groups -OCH3 is 1. The molecule has 2 amide bonds. The van der Waals surface area contributed by atoms with Crippen LogP contribution in [0.3, 0.4) is 0 Å². The molecule has 202 valence electrons. The average molecular weight is 521 g/mol. The van der Waals surface area contributed by atoms with Crippen LogP contribution >= 0.6 is 0 Å². The molecule has 1 saturated heterocycles. The first-order valence-electron chi connectivity index (χ1n) is 12.9. The van der Waals surface area contributed by atoms with Gasteiger partial charge in [-0.1, -0.05) is 0 Å². The maximum absolute atomic E-state index is 13.5. The van der Waals surface area contributed by atoms with Gasteiger partial charge in [0, 0.05) is 24.7 Å². The third-order valence-corrected chi connectivity index (χ3v) is 6.32. The quantitative estimate of drug-likeness (QED) is 0.433. The van der Waals surface area contributed by atoms with Crippen molar-refractivity contribution in [1.29, 1.82) is 0 Å². The lowest BCUT2D eigenvalue weighted by Crippen LogP contribution is -2.41. The Morgan fingerprint density at radius 1 is 1.00 bits per heavy atom. The lowest BCUT2D eigenvalue weighted by atomic mass is 9.90. The molecule has 0 bridgehead atoms. The molecule has 1 N–H and O–H groups in total. The average Bonchev–Trinajstić information content (AvgIpc) is 3.34. The van der Waals surface area contributed by atoms with Crippen molar-refractivity contribution in [3.05, 3.63) is 66.0 Å². The van der Waals surface area contributed by atoms with Crippen LogP contribution in [-0.4, -0.2) is 59.1 Å². The molecule has 38 heavy (non-hydrogen) atoms. The summed E-state index contributed by atoms with van der Waals surface area (Å²) in [5, 5.41) is 7.60. The molecular formula is C29H36N4O5. The van der Waals surface area contributed by atoms with Crippen LogP contribution in [0, 0.1) is 0 Å². The lowest BCUT2D eigenvalue weighted by Gasteiger charge is -2.34. The van der Waals surface area contributed by atoms with E-state index in [0.29, 0.717) is 43.8 Å². The van der Waals surface area contributed by atoms with E-state index in [9.17, 15) is 9.59 Å². The third kappa shape index (κ3) is 6.45. The van der Waals surface area contributed by atoms with Gasteiger partial charge < -0.3 is 24.4 Å². The van der Waals surface area contributed by atoms with E-state index in [1.54, 1.807) is 18.2 Å². The van der Waals surface area contributed by atoms with Gasteiger partial charge in [-0.2, -0.15) is 5.10 Å². The Hall–Kier alpha value is -4.01. The number of carbonyl (C=O) groups is 2. The number of ether oxygens (including phenoxy) is 3. The van der Waals surface area contributed by atoms with Crippen LogP contribution in [0.2, 0.25) is 0 Å². The second-order valence-electron chi connectivity index (χ2n) is 10.2. The number of carbonyl (C=O) groups excluding carboxylic acids is 2. The van der Waals surface area contributed by atoms with Crippen molar-refractivity contribution in [2.75, 3.05) is 32.1 Å². The number of nitrogens with zero attached hydrogens (tertiary/aromatic N) is 3. The zero-order valence-corrected chi connectivity index (χ0v) is 22.7. The number of benzene rings is 2. The molecule has 4 rings (SSSR count). The minimum absolute atomic E-state index is 0.0272. The maximum atomic E-state index is 13.5. The first kappa shape index (κ1) is 27.0. The monoisotopic (exact) mass is 520 g/mol. The third-order valence-electron chi connectivity index (χ3n) is 6.32. The van der Waals surface area contributed by atoms with E-state index in [0.717, 1.165) is 22.9 Å². The molecule has 0 atom stereocenters. The summed E-state index contributed by atoms with van der Waals surface area (Å²) in [6, 6.07) is 14.8. The van der Waals surface area contributed by atoms with Crippen molar-refractivity contribution in [1.82, 2.24) is 14.7 Å².